The molecule has 0 N–H and O–H groups in total. The van der Waals surface area contributed by atoms with Crippen molar-refractivity contribution in [3.8, 4) is 0 Å². The molecule has 1 aliphatic heterocycles. The van der Waals surface area contributed by atoms with Gasteiger partial charge in [-0.1, -0.05) is 26.0 Å². The van der Waals surface area contributed by atoms with Crippen molar-refractivity contribution in [2.24, 2.45) is 11.8 Å². The van der Waals surface area contributed by atoms with Crippen LogP contribution in [0.4, 0.5) is 0 Å². The number of carbonyl (C=O) groups is 2. The van der Waals surface area contributed by atoms with Crippen molar-refractivity contribution in [3.63, 3.8) is 0 Å². The highest BCUT2D eigenvalue weighted by atomic mass is 32.1. The van der Waals surface area contributed by atoms with E-state index >= 15 is 0 Å². The number of aromatic nitrogens is 1. The molecule has 0 spiro atoms. The number of amides is 1. The molecule has 1 aliphatic rings. The Morgan fingerprint density at radius 1 is 1.28 bits per heavy atom. The average molecular weight is 358 g/mol. The molecule has 1 aromatic heterocycles. The molecule has 0 unspecified atom stereocenters. The predicted molar refractivity (Wildman–Crippen MR) is 99.1 cm³/mol. The predicted octanol–water partition coefficient (Wildman–Crippen LogP) is 3.36. The molecule has 5 nitrogen and oxygen atoms in total. The summed E-state index contributed by atoms with van der Waals surface area (Å²) in [5.41, 5.74) is 0.907. The number of para-hydroxylation sites is 1. The number of benzene rings is 1. The van der Waals surface area contributed by atoms with Gasteiger partial charge in [-0.2, -0.15) is 0 Å². The number of rotatable bonds is 4. The molecule has 25 heavy (non-hydrogen) atoms. The van der Waals surface area contributed by atoms with E-state index in [1.165, 1.54) is 17.4 Å². The van der Waals surface area contributed by atoms with E-state index in [-0.39, 0.29) is 12.5 Å². The Balaban J connectivity index is 1.51. The molecule has 2 aromatic rings. The number of hydrogen-bond acceptors (Lipinski definition) is 5. The summed E-state index contributed by atoms with van der Waals surface area (Å²) < 4.78 is 6.15. The zero-order chi connectivity index (χ0) is 17.8. The Hall–Kier alpha value is -2.21. The standard InChI is InChI=1S/C19H22N2O3S/c1-13-9-14(2)11-21(10-13)18(22)12-24-19(23)8-7-17-20-15-5-3-4-6-16(15)25-17/h3-8,13-14H,9-12H2,1-2H3/b8-7+/t13-,14-/m1/s1. The number of likely N-dealkylation sites (tertiary alicyclic amines) is 1. The largest absolute Gasteiger partial charge is 0.452 e. The second-order valence-corrected chi connectivity index (χ2v) is 7.77. The minimum atomic E-state index is -0.522. The molecule has 6 heteroatoms. The summed E-state index contributed by atoms with van der Waals surface area (Å²) in [4.78, 5) is 30.3. The lowest BCUT2D eigenvalue weighted by atomic mass is 9.92. The van der Waals surface area contributed by atoms with E-state index in [4.69, 9.17) is 4.74 Å². The van der Waals surface area contributed by atoms with E-state index in [1.807, 2.05) is 24.3 Å². The van der Waals surface area contributed by atoms with Gasteiger partial charge in [0.05, 0.1) is 10.2 Å². The normalized spacial score (nSPS) is 21.0. The average Bonchev–Trinajstić information content (AvgIpc) is 3.00. The first-order chi connectivity index (χ1) is 12.0. The molecule has 1 saturated heterocycles. The van der Waals surface area contributed by atoms with Gasteiger partial charge >= 0.3 is 5.97 Å². The second kappa shape index (κ2) is 7.78. The third-order valence-electron chi connectivity index (χ3n) is 4.23. The Kier molecular flexibility index (Phi) is 5.48. The molecular weight excluding hydrogens is 336 g/mol. The van der Waals surface area contributed by atoms with Gasteiger partial charge in [0.15, 0.2) is 6.61 Å². The quantitative estimate of drug-likeness (QED) is 0.621. The third kappa shape index (κ3) is 4.66. The molecule has 0 bridgehead atoms. The van der Waals surface area contributed by atoms with Crippen LogP contribution in [-0.4, -0.2) is 41.5 Å². The van der Waals surface area contributed by atoms with Gasteiger partial charge in [0.2, 0.25) is 0 Å². The maximum Gasteiger partial charge on any atom is 0.331 e. The van der Waals surface area contributed by atoms with Gasteiger partial charge in [-0.15, -0.1) is 11.3 Å². The topological polar surface area (TPSA) is 59.5 Å². The van der Waals surface area contributed by atoms with Crippen LogP contribution in [0.1, 0.15) is 25.3 Å². The molecule has 1 amide bonds. The monoisotopic (exact) mass is 358 g/mol. The lowest BCUT2D eigenvalue weighted by Gasteiger charge is -2.34. The molecule has 1 aromatic carbocycles. The van der Waals surface area contributed by atoms with Crippen LogP contribution in [0.5, 0.6) is 0 Å². The maximum absolute atomic E-state index is 12.2. The van der Waals surface area contributed by atoms with Crippen molar-refractivity contribution < 1.29 is 14.3 Å². The van der Waals surface area contributed by atoms with E-state index in [2.05, 4.69) is 18.8 Å². The summed E-state index contributed by atoms with van der Waals surface area (Å²) in [5.74, 6) is 0.329. The van der Waals surface area contributed by atoms with Gasteiger partial charge < -0.3 is 9.64 Å². The van der Waals surface area contributed by atoms with Crippen LogP contribution >= 0.6 is 11.3 Å². The Morgan fingerprint density at radius 3 is 2.72 bits per heavy atom. The molecule has 132 valence electrons. The van der Waals surface area contributed by atoms with Gasteiger partial charge in [-0.3, -0.25) is 4.79 Å². The number of esters is 1. The van der Waals surface area contributed by atoms with Crippen LogP contribution in [0.3, 0.4) is 0 Å². The van der Waals surface area contributed by atoms with Crippen molar-refractivity contribution in [1.82, 2.24) is 9.88 Å². The highest BCUT2D eigenvalue weighted by Gasteiger charge is 2.25. The summed E-state index contributed by atoms with van der Waals surface area (Å²) in [6, 6.07) is 7.80. The third-order valence-corrected chi connectivity index (χ3v) is 5.23. The SMILES string of the molecule is C[C@@H]1C[C@@H](C)CN(C(=O)COC(=O)/C=C/c2nc3ccccc3s2)C1. The first-order valence-electron chi connectivity index (χ1n) is 8.49. The lowest BCUT2D eigenvalue weighted by molar-refractivity contribution is -0.149. The van der Waals surface area contributed by atoms with Gasteiger partial charge in [0, 0.05) is 19.2 Å². The van der Waals surface area contributed by atoms with Crippen LogP contribution in [-0.2, 0) is 14.3 Å². The van der Waals surface area contributed by atoms with Crippen LogP contribution in [0.2, 0.25) is 0 Å². The van der Waals surface area contributed by atoms with Crippen LogP contribution in [0, 0.1) is 11.8 Å². The Labute approximate surface area is 151 Å². The first-order valence-corrected chi connectivity index (χ1v) is 9.31. The number of piperidine rings is 1. The second-order valence-electron chi connectivity index (χ2n) is 6.71. The minimum Gasteiger partial charge on any atom is -0.452 e. The summed E-state index contributed by atoms with van der Waals surface area (Å²) in [6.07, 6.45) is 4.09. The number of hydrogen-bond donors (Lipinski definition) is 0. The lowest BCUT2D eigenvalue weighted by Crippen LogP contribution is -2.44. The smallest absolute Gasteiger partial charge is 0.331 e. The Morgan fingerprint density at radius 2 is 2.00 bits per heavy atom. The van der Waals surface area contributed by atoms with Gasteiger partial charge in [0.1, 0.15) is 5.01 Å². The van der Waals surface area contributed by atoms with Crippen LogP contribution in [0.15, 0.2) is 30.3 Å². The molecule has 3 rings (SSSR count). The summed E-state index contributed by atoms with van der Waals surface area (Å²) >= 11 is 1.51. The molecule has 2 atom stereocenters. The summed E-state index contributed by atoms with van der Waals surface area (Å²) in [6.45, 7) is 5.55. The highest BCUT2D eigenvalue weighted by Crippen LogP contribution is 2.22. The van der Waals surface area contributed by atoms with E-state index in [9.17, 15) is 9.59 Å². The maximum atomic E-state index is 12.2. The molecule has 2 heterocycles. The fraction of sp³-hybridized carbons (Fsp3) is 0.421. The van der Waals surface area contributed by atoms with Gasteiger partial charge in [-0.25, -0.2) is 9.78 Å². The van der Waals surface area contributed by atoms with Gasteiger partial charge in [-0.05, 0) is 36.5 Å². The highest BCUT2D eigenvalue weighted by molar-refractivity contribution is 7.19. The van der Waals surface area contributed by atoms with Crippen molar-refractivity contribution in [2.45, 2.75) is 20.3 Å². The van der Waals surface area contributed by atoms with E-state index < -0.39 is 5.97 Å². The summed E-state index contributed by atoms with van der Waals surface area (Å²) in [5, 5.41) is 0.739. The first kappa shape index (κ1) is 17.6. The number of nitrogens with zero attached hydrogens (tertiary/aromatic N) is 2. The van der Waals surface area contributed by atoms with Crippen molar-refractivity contribution in [3.05, 3.63) is 35.3 Å². The van der Waals surface area contributed by atoms with Crippen LogP contribution < -0.4 is 0 Å². The molecular formula is C19H22N2O3S. The minimum absolute atomic E-state index is 0.125. The molecule has 0 saturated carbocycles. The van der Waals surface area contributed by atoms with E-state index in [0.717, 1.165) is 34.7 Å². The number of fused-ring (bicyclic) bond motifs is 1. The number of ether oxygens (including phenoxy) is 1. The zero-order valence-electron chi connectivity index (χ0n) is 14.5. The summed E-state index contributed by atoms with van der Waals surface area (Å²) in [7, 11) is 0. The zero-order valence-corrected chi connectivity index (χ0v) is 15.3. The molecule has 0 aliphatic carbocycles. The van der Waals surface area contributed by atoms with Crippen molar-refractivity contribution in [1.29, 1.82) is 0 Å². The fourth-order valence-corrected chi connectivity index (χ4v) is 4.11. The van der Waals surface area contributed by atoms with Gasteiger partial charge in [0.25, 0.3) is 5.91 Å². The molecule has 0 radical (unpaired) electrons. The van der Waals surface area contributed by atoms with E-state index in [0.29, 0.717) is 11.8 Å². The fourth-order valence-electron chi connectivity index (χ4n) is 3.24. The molecule has 1 fully saturated rings. The number of thiazole rings is 1. The van der Waals surface area contributed by atoms with Crippen molar-refractivity contribution in [2.75, 3.05) is 19.7 Å². The van der Waals surface area contributed by atoms with Crippen molar-refractivity contribution >= 4 is 39.5 Å². The van der Waals surface area contributed by atoms with E-state index in [1.54, 1.807) is 11.0 Å². The number of carbonyl (C=O) groups excluding carboxylic acids is 2. The van der Waals surface area contributed by atoms with Crippen LogP contribution in [0.25, 0.3) is 16.3 Å². The Bertz CT molecular complexity index is 756.